The number of carbonyl (C=O) groups excluding carboxylic acids is 1. The average Bonchev–Trinajstić information content (AvgIpc) is 3.30. The Morgan fingerprint density at radius 1 is 1.10 bits per heavy atom. The van der Waals surface area contributed by atoms with Crippen LogP contribution in [0.3, 0.4) is 0 Å². The van der Waals surface area contributed by atoms with Crippen LogP contribution >= 0.6 is 0 Å². The lowest BCUT2D eigenvalue weighted by atomic mass is 9.90. The number of quaternary nitrogens is 1. The molecular formula is C24H26F3NO3. The molecule has 2 heterocycles. The number of hydrogen-bond donors (Lipinski definition) is 1. The number of alkyl halides is 3. The Morgan fingerprint density at radius 3 is 2.29 bits per heavy atom. The predicted molar refractivity (Wildman–Crippen MR) is 110 cm³/mol. The molecule has 0 amide bonds. The summed E-state index contributed by atoms with van der Waals surface area (Å²) >= 11 is 0. The lowest BCUT2D eigenvalue weighted by Gasteiger charge is -2.32. The topological polar surface area (TPSA) is 53.8 Å². The van der Waals surface area contributed by atoms with Crippen LogP contribution in [0.2, 0.25) is 0 Å². The number of benzene rings is 2. The van der Waals surface area contributed by atoms with Gasteiger partial charge in [-0.25, -0.2) is 0 Å². The van der Waals surface area contributed by atoms with Gasteiger partial charge in [0.1, 0.15) is 0 Å². The Morgan fingerprint density at radius 2 is 1.74 bits per heavy atom. The van der Waals surface area contributed by atoms with E-state index in [1.54, 1.807) is 0 Å². The maximum atomic E-state index is 13.1. The van der Waals surface area contributed by atoms with Gasteiger partial charge in [0.15, 0.2) is 6.04 Å². The zero-order chi connectivity index (χ0) is 22.3. The lowest BCUT2D eigenvalue weighted by Crippen LogP contribution is -3.09. The van der Waals surface area contributed by atoms with Crippen LogP contribution < -0.4 is 5.06 Å². The van der Waals surface area contributed by atoms with Crippen LogP contribution in [-0.4, -0.2) is 25.0 Å². The Hall–Kier alpha value is -2.22. The average molecular weight is 433 g/mol. The third-order valence-corrected chi connectivity index (χ3v) is 6.53. The molecule has 4 unspecified atom stereocenters. The summed E-state index contributed by atoms with van der Waals surface area (Å²) in [5.41, 5.74) is 3.11. The molecule has 4 atom stereocenters. The molecule has 4 rings (SSSR count). The van der Waals surface area contributed by atoms with Gasteiger partial charge in [0, 0.05) is 25.2 Å². The molecule has 0 aromatic heterocycles. The van der Waals surface area contributed by atoms with E-state index in [9.17, 15) is 23.2 Å². The number of nitrogens with one attached hydrogen (secondary N) is 1. The van der Waals surface area contributed by atoms with E-state index in [0.29, 0.717) is 31.1 Å². The smallest absolute Gasteiger partial charge is 0.416 e. The van der Waals surface area contributed by atoms with Crippen LogP contribution in [0, 0.1) is 25.0 Å². The highest BCUT2D eigenvalue weighted by Gasteiger charge is 2.43. The lowest BCUT2D eigenvalue weighted by molar-refractivity contribution is -0.888. The monoisotopic (exact) mass is 433 g/mol. The number of halogens is 3. The number of carbonyl (C=O) groups is 1. The van der Waals surface area contributed by atoms with Gasteiger partial charge in [-0.15, -0.1) is 0 Å². The van der Waals surface area contributed by atoms with Crippen LogP contribution in [0.4, 0.5) is 13.2 Å². The number of rotatable bonds is 4. The molecule has 0 saturated carbocycles. The van der Waals surface area contributed by atoms with Crippen LogP contribution in [0.5, 0.6) is 0 Å². The zero-order valence-corrected chi connectivity index (χ0v) is 17.6. The van der Waals surface area contributed by atoms with Crippen molar-refractivity contribution >= 4 is 5.78 Å². The van der Waals surface area contributed by atoms with Crippen molar-refractivity contribution in [2.75, 3.05) is 13.2 Å². The molecule has 31 heavy (non-hydrogen) atoms. The number of aryl methyl sites for hydroxylation is 2. The molecule has 2 aliphatic heterocycles. The summed E-state index contributed by atoms with van der Waals surface area (Å²) < 4.78 is 43.9. The Balaban J connectivity index is 1.59. The third kappa shape index (κ3) is 4.40. The van der Waals surface area contributed by atoms with Gasteiger partial charge in [-0.3, -0.25) is 4.79 Å². The fraction of sp³-hybridized carbons (Fsp3) is 0.458. The van der Waals surface area contributed by atoms with E-state index in [1.165, 1.54) is 12.1 Å². The van der Waals surface area contributed by atoms with E-state index >= 15 is 0 Å². The second-order valence-corrected chi connectivity index (χ2v) is 8.77. The number of Topliss-reactive ketones (excluding diaryl/α,β-unsaturated/α-hetero) is 1. The normalized spacial score (nSPS) is 26.6. The van der Waals surface area contributed by atoms with Gasteiger partial charge >= 0.3 is 6.18 Å². The van der Waals surface area contributed by atoms with Gasteiger partial charge in [-0.05, 0) is 60.6 Å². The fourth-order valence-corrected chi connectivity index (χ4v) is 4.98. The van der Waals surface area contributed by atoms with Crippen molar-refractivity contribution in [2.45, 2.75) is 51.4 Å². The molecule has 2 aromatic rings. The van der Waals surface area contributed by atoms with E-state index in [-0.39, 0.29) is 23.3 Å². The van der Waals surface area contributed by atoms with E-state index < -0.39 is 17.8 Å². The molecule has 0 bridgehead atoms. The standard InChI is InChI=1S/C24H26F3NO3/c1-14-9-18(17-3-5-19(6-4-17)24(25,26)27)10-15(2)22(14)23-21(29)12-20(28(23)30)11-16-7-8-31-13-16/h3-6,9-10,16,20,23,28H,7-8,11-13H2,1-2H3. The van der Waals surface area contributed by atoms with Crippen LogP contribution in [-0.2, 0) is 15.7 Å². The first-order valence-corrected chi connectivity index (χ1v) is 10.6. The largest absolute Gasteiger partial charge is 0.633 e. The van der Waals surface area contributed by atoms with Crippen molar-refractivity contribution < 1.29 is 27.8 Å². The number of ether oxygens (including phenoxy) is 1. The zero-order valence-electron chi connectivity index (χ0n) is 17.6. The Labute approximate surface area is 179 Å². The van der Waals surface area contributed by atoms with Gasteiger partial charge in [0.2, 0.25) is 5.78 Å². The highest BCUT2D eigenvalue weighted by atomic mass is 19.4. The first-order chi connectivity index (χ1) is 14.6. The molecular weight excluding hydrogens is 407 g/mol. The Bertz CT molecular complexity index is 942. The number of hydrogen-bond acceptors (Lipinski definition) is 3. The maximum Gasteiger partial charge on any atom is 0.416 e. The van der Waals surface area contributed by atoms with Crippen molar-refractivity contribution in [1.82, 2.24) is 0 Å². The van der Waals surface area contributed by atoms with Gasteiger partial charge in [0.25, 0.3) is 0 Å². The van der Waals surface area contributed by atoms with Crippen molar-refractivity contribution in [3.63, 3.8) is 0 Å². The van der Waals surface area contributed by atoms with Gasteiger partial charge in [0.05, 0.1) is 18.0 Å². The molecule has 2 fully saturated rings. The van der Waals surface area contributed by atoms with E-state index in [4.69, 9.17) is 4.74 Å². The van der Waals surface area contributed by atoms with Crippen molar-refractivity contribution in [2.24, 2.45) is 5.92 Å². The molecule has 7 heteroatoms. The SMILES string of the molecule is Cc1cc(-c2ccc(C(F)(F)F)cc2)cc(C)c1C1C(=O)CC(CC2CCOC2)[NH+]1[O-]. The van der Waals surface area contributed by atoms with Gasteiger partial charge < -0.3 is 15.0 Å². The van der Waals surface area contributed by atoms with E-state index in [2.05, 4.69) is 0 Å². The number of ketones is 1. The van der Waals surface area contributed by atoms with Crippen LogP contribution in [0.15, 0.2) is 36.4 Å². The summed E-state index contributed by atoms with van der Waals surface area (Å²) in [7, 11) is 0. The molecule has 2 aliphatic rings. The summed E-state index contributed by atoms with van der Waals surface area (Å²) in [6.45, 7) is 5.08. The second-order valence-electron chi connectivity index (χ2n) is 8.77. The van der Waals surface area contributed by atoms with E-state index in [1.807, 2.05) is 26.0 Å². The molecule has 4 nitrogen and oxygen atoms in total. The quantitative estimate of drug-likeness (QED) is 0.736. The third-order valence-electron chi connectivity index (χ3n) is 6.53. The Kier molecular flexibility index (Phi) is 5.94. The minimum absolute atomic E-state index is 0.00891. The molecule has 2 aromatic carbocycles. The molecule has 1 N–H and O–H groups in total. The summed E-state index contributed by atoms with van der Waals surface area (Å²) in [5, 5.41) is 13.1. The molecule has 2 saturated heterocycles. The molecule has 0 radical (unpaired) electrons. The van der Waals surface area contributed by atoms with Crippen LogP contribution in [0.1, 0.15) is 47.6 Å². The summed E-state index contributed by atoms with van der Waals surface area (Å²) in [5.74, 6) is 0.298. The fourth-order valence-electron chi connectivity index (χ4n) is 4.98. The highest BCUT2D eigenvalue weighted by Crippen LogP contribution is 2.34. The minimum Gasteiger partial charge on any atom is -0.633 e. The summed E-state index contributed by atoms with van der Waals surface area (Å²) in [4.78, 5) is 12.8. The van der Waals surface area contributed by atoms with Gasteiger partial charge in [-0.2, -0.15) is 13.2 Å². The van der Waals surface area contributed by atoms with Gasteiger partial charge in [-0.1, -0.05) is 24.3 Å². The molecule has 166 valence electrons. The van der Waals surface area contributed by atoms with Crippen molar-refractivity contribution in [3.05, 3.63) is 63.9 Å². The summed E-state index contributed by atoms with van der Waals surface area (Å²) in [6.07, 6.45) is -2.47. The molecule has 0 aliphatic carbocycles. The highest BCUT2D eigenvalue weighted by molar-refractivity contribution is 5.87. The maximum absolute atomic E-state index is 13.1. The first kappa shape index (κ1) is 22.0. The van der Waals surface area contributed by atoms with Crippen molar-refractivity contribution in [1.29, 1.82) is 0 Å². The number of hydroxylamine groups is 2. The second kappa shape index (κ2) is 8.37. The first-order valence-electron chi connectivity index (χ1n) is 10.6. The summed E-state index contributed by atoms with van der Waals surface area (Å²) in [6, 6.07) is 7.73. The van der Waals surface area contributed by atoms with Crippen molar-refractivity contribution in [3.8, 4) is 11.1 Å². The predicted octanol–water partition coefficient (Wildman–Crippen LogP) is 4.18. The van der Waals surface area contributed by atoms with Crippen LogP contribution in [0.25, 0.3) is 11.1 Å². The molecule has 0 spiro atoms. The van der Waals surface area contributed by atoms with E-state index in [0.717, 1.165) is 40.8 Å². The minimum atomic E-state index is -4.38.